The van der Waals surface area contributed by atoms with Crippen LogP contribution in [0, 0.1) is 0 Å². The van der Waals surface area contributed by atoms with Crippen molar-refractivity contribution >= 4 is 17.0 Å². The van der Waals surface area contributed by atoms with Crippen LogP contribution in [-0.2, 0) is 17.9 Å². The first-order valence-corrected chi connectivity index (χ1v) is 19.1. The van der Waals surface area contributed by atoms with E-state index in [-0.39, 0.29) is 0 Å². The molecule has 0 aliphatic heterocycles. The molecular formula is C22H34Cl2Zr. The minimum absolute atomic E-state index is 0.999. The fraction of sp³-hybridized carbons (Fsp3) is 0.636. The van der Waals surface area contributed by atoms with Crippen LogP contribution in [0.1, 0.15) is 90.9 Å². The molecule has 0 heterocycles. The molecule has 0 saturated carbocycles. The molecule has 0 fully saturated rings. The van der Waals surface area contributed by atoms with Gasteiger partial charge in [0.1, 0.15) is 0 Å². The van der Waals surface area contributed by atoms with Crippen LogP contribution in [0.15, 0.2) is 42.0 Å². The van der Waals surface area contributed by atoms with Crippen LogP contribution < -0.4 is 0 Å². The first-order valence-electron chi connectivity index (χ1n) is 10.3. The van der Waals surface area contributed by atoms with Gasteiger partial charge in [0.2, 0.25) is 0 Å². The first-order chi connectivity index (χ1) is 12.1. The van der Waals surface area contributed by atoms with Gasteiger partial charge in [-0.15, -0.1) is 0 Å². The Labute approximate surface area is 166 Å². The zero-order chi connectivity index (χ0) is 18.1. The number of hydrogen-bond acceptors (Lipinski definition) is 0. The summed E-state index contributed by atoms with van der Waals surface area (Å²) in [4.78, 5) is 0. The zero-order valence-electron chi connectivity index (χ0n) is 16.1. The number of allylic oxidation sites excluding steroid dienone is 8. The van der Waals surface area contributed by atoms with Crippen LogP contribution in [-0.4, -0.2) is 0 Å². The van der Waals surface area contributed by atoms with Crippen molar-refractivity contribution in [3.8, 4) is 0 Å². The maximum absolute atomic E-state index is 7.20. The molecule has 0 bridgehead atoms. The quantitative estimate of drug-likeness (QED) is 0.255. The SMILES string of the molecule is CCCCCCC1=[C]([Zr]([Cl])([Cl])[C]2=C(CCCCCC)C=CC2)CC=C1. The van der Waals surface area contributed by atoms with E-state index >= 15 is 0 Å². The van der Waals surface area contributed by atoms with Gasteiger partial charge >= 0.3 is 168 Å². The number of halogens is 2. The van der Waals surface area contributed by atoms with E-state index in [2.05, 4.69) is 38.2 Å². The normalized spacial score (nSPS) is 17.4. The Hall–Kier alpha value is 0.423. The summed E-state index contributed by atoms with van der Waals surface area (Å²) in [6.07, 6.45) is 23.9. The van der Waals surface area contributed by atoms with Crippen LogP contribution in [0.5, 0.6) is 0 Å². The van der Waals surface area contributed by atoms with Crippen LogP contribution in [0.25, 0.3) is 0 Å². The van der Waals surface area contributed by atoms with E-state index in [9.17, 15) is 0 Å². The van der Waals surface area contributed by atoms with Crippen LogP contribution in [0.3, 0.4) is 0 Å². The fourth-order valence-corrected chi connectivity index (χ4v) is 14.3. The second-order valence-electron chi connectivity index (χ2n) is 7.42. The van der Waals surface area contributed by atoms with Crippen molar-refractivity contribution in [3.63, 3.8) is 0 Å². The molecule has 2 rings (SSSR count). The first kappa shape index (κ1) is 21.7. The molecule has 140 valence electrons. The van der Waals surface area contributed by atoms with Gasteiger partial charge in [-0.3, -0.25) is 0 Å². The molecule has 0 radical (unpaired) electrons. The van der Waals surface area contributed by atoms with Gasteiger partial charge in [-0.2, -0.15) is 0 Å². The Kier molecular flexibility index (Phi) is 9.82. The van der Waals surface area contributed by atoms with E-state index in [1.54, 1.807) is 0 Å². The second kappa shape index (κ2) is 11.3. The molecule has 25 heavy (non-hydrogen) atoms. The Morgan fingerprint density at radius 2 is 1.16 bits per heavy atom. The summed E-state index contributed by atoms with van der Waals surface area (Å²) in [6.45, 7) is 4.53. The average Bonchev–Trinajstić information content (AvgIpc) is 3.25. The van der Waals surface area contributed by atoms with Crippen molar-refractivity contribution < 1.29 is 17.9 Å². The van der Waals surface area contributed by atoms with Gasteiger partial charge in [0.15, 0.2) is 0 Å². The van der Waals surface area contributed by atoms with Gasteiger partial charge in [0, 0.05) is 0 Å². The average molecular weight is 461 g/mol. The van der Waals surface area contributed by atoms with Gasteiger partial charge in [0.05, 0.1) is 0 Å². The molecule has 0 saturated heterocycles. The molecule has 2 aliphatic rings. The summed E-state index contributed by atoms with van der Waals surface area (Å²) in [6, 6.07) is 0. The molecule has 0 aromatic heterocycles. The summed E-state index contributed by atoms with van der Waals surface area (Å²) in [7, 11) is 14.4. The second-order valence-corrected chi connectivity index (χ2v) is 21.1. The third-order valence-corrected chi connectivity index (χ3v) is 17.1. The molecule has 2 aliphatic carbocycles. The van der Waals surface area contributed by atoms with Crippen LogP contribution >= 0.6 is 17.0 Å². The van der Waals surface area contributed by atoms with E-state index in [4.69, 9.17) is 17.0 Å². The molecule has 3 heteroatoms. The molecule has 0 nitrogen and oxygen atoms in total. The Morgan fingerprint density at radius 1 is 0.720 bits per heavy atom. The third-order valence-electron chi connectivity index (χ3n) is 5.41. The fourth-order valence-electron chi connectivity index (χ4n) is 3.90. The van der Waals surface area contributed by atoms with Crippen molar-refractivity contribution in [2.24, 2.45) is 0 Å². The van der Waals surface area contributed by atoms with Gasteiger partial charge in [-0.25, -0.2) is 0 Å². The van der Waals surface area contributed by atoms with Gasteiger partial charge < -0.3 is 0 Å². The Balaban J connectivity index is 2.07. The predicted molar refractivity (Wildman–Crippen MR) is 111 cm³/mol. The van der Waals surface area contributed by atoms with E-state index in [1.165, 1.54) is 69.1 Å². The van der Waals surface area contributed by atoms with Crippen LogP contribution in [0.4, 0.5) is 0 Å². The van der Waals surface area contributed by atoms with E-state index in [1.807, 2.05) is 0 Å². The van der Waals surface area contributed by atoms with Crippen molar-refractivity contribution in [1.82, 2.24) is 0 Å². The number of hydrogen-bond donors (Lipinski definition) is 0. The van der Waals surface area contributed by atoms with E-state index < -0.39 is 17.9 Å². The van der Waals surface area contributed by atoms with Gasteiger partial charge in [-0.1, -0.05) is 0 Å². The monoisotopic (exact) mass is 458 g/mol. The topological polar surface area (TPSA) is 0 Å². The molecule has 0 atom stereocenters. The molecule has 0 amide bonds. The molecule has 0 N–H and O–H groups in total. The molecule has 0 unspecified atom stereocenters. The minimum atomic E-state index is -3.39. The van der Waals surface area contributed by atoms with Crippen molar-refractivity contribution in [2.45, 2.75) is 90.9 Å². The summed E-state index contributed by atoms with van der Waals surface area (Å²) in [5.74, 6) is 0. The Morgan fingerprint density at radius 3 is 1.56 bits per heavy atom. The number of unbranched alkanes of at least 4 members (excludes halogenated alkanes) is 6. The standard InChI is InChI=1S/2C11H17.2ClH.Zr/c2*1-2-3-4-5-8-11-9-6-7-10-11;;;/h2*6,9H,2-5,7-8H2,1H3;2*1H;/q;;;;+2/p-2. The molecule has 0 aromatic rings. The van der Waals surface area contributed by atoms with Gasteiger partial charge in [0.25, 0.3) is 0 Å². The van der Waals surface area contributed by atoms with E-state index in [0.717, 1.165) is 25.7 Å². The summed E-state index contributed by atoms with van der Waals surface area (Å²) in [5.41, 5.74) is 2.95. The third kappa shape index (κ3) is 6.22. The van der Waals surface area contributed by atoms with Crippen molar-refractivity contribution in [3.05, 3.63) is 42.0 Å². The summed E-state index contributed by atoms with van der Waals surface area (Å²) < 4.78 is 2.89. The zero-order valence-corrected chi connectivity index (χ0v) is 20.0. The molecule has 0 spiro atoms. The number of rotatable bonds is 12. The molecular weight excluding hydrogens is 426 g/mol. The van der Waals surface area contributed by atoms with Gasteiger partial charge in [-0.05, 0) is 0 Å². The Bertz CT molecular complexity index is 504. The molecule has 0 aromatic carbocycles. The van der Waals surface area contributed by atoms with E-state index in [0.29, 0.717) is 0 Å². The van der Waals surface area contributed by atoms with Crippen LogP contribution in [0.2, 0.25) is 0 Å². The summed E-state index contributed by atoms with van der Waals surface area (Å²) >= 11 is -3.39. The summed E-state index contributed by atoms with van der Waals surface area (Å²) in [5, 5.41) is 0. The maximum atomic E-state index is 7.20. The van der Waals surface area contributed by atoms with Crippen molar-refractivity contribution in [2.75, 3.05) is 0 Å². The van der Waals surface area contributed by atoms with Crippen molar-refractivity contribution in [1.29, 1.82) is 0 Å². The predicted octanol–water partition coefficient (Wildman–Crippen LogP) is 8.82.